The van der Waals surface area contributed by atoms with E-state index in [-0.39, 0.29) is 16.9 Å². The van der Waals surface area contributed by atoms with Gasteiger partial charge in [0.25, 0.3) is 5.91 Å². The lowest BCUT2D eigenvalue weighted by Gasteiger charge is -2.11. The number of amides is 1. The van der Waals surface area contributed by atoms with E-state index in [0.717, 1.165) is 6.07 Å². The van der Waals surface area contributed by atoms with Gasteiger partial charge in [0.2, 0.25) is 0 Å². The van der Waals surface area contributed by atoms with Crippen molar-refractivity contribution in [3.63, 3.8) is 0 Å². The molecule has 0 aliphatic carbocycles. The molecule has 3 N–H and O–H groups in total. The Labute approximate surface area is 120 Å². The second-order valence-corrected chi connectivity index (χ2v) is 4.48. The third-order valence-electron chi connectivity index (χ3n) is 2.94. The van der Waals surface area contributed by atoms with Crippen LogP contribution in [0, 0.1) is 18.6 Å². The summed E-state index contributed by atoms with van der Waals surface area (Å²) in [6, 6.07) is 3.62. The average Bonchev–Trinajstić information content (AvgIpc) is 2.47. The molecule has 5 nitrogen and oxygen atoms in total. The van der Waals surface area contributed by atoms with Gasteiger partial charge in [-0.1, -0.05) is 6.92 Å². The standard InChI is InChI=1S/C14H14F2N4O/c1-3-11-8(6-7(2)19-20-11)14(21)18-13-10(17)5-4-9(15)12(13)16/h4-6H,3,17H2,1-2H3,(H,18,21). The Hall–Kier alpha value is -2.57. The van der Waals surface area contributed by atoms with E-state index in [4.69, 9.17) is 5.73 Å². The van der Waals surface area contributed by atoms with Crippen LogP contribution in [-0.4, -0.2) is 16.1 Å². The van der Waals surface area contributed by atoms with E-state index in [1.165, 1.54) is 12.1 Å². The second kappa shape index (κ2) is 5.82. The van der Waals surface area contributed by atoms with E-state index in [0.29, 0.717) is 17.8 Å². The molecule has 0 spiro atoms. The Morgan fingerprint density at radius 3 is 2.71 bits per heavy atom. The van der Waals surface area contributed by atoms with Crippen molar-refractivity contribution >= 4 is 17.3 Å². The fraction of sp³-hybridized carbons (Fsp3) is 0.214. The van der Waals surface area contributed by atoms with E-state index in [1.807, 2.05) is 6.92 Å². The lowest BCUT2D eigenvalue weighted by molar-refractivity contribution is 0.102. The van der Waals surface area contributed by atoms with Crippen molar-refractivity contribution in [1.82, 2.24) is 10.2 Å². The Morgan fingerprint density at radius 1 is 1.33 bits per heavy atom. The first-order chi connectivity index (χ1) is 9.93. The van der Waals surface area contributed by atoms with Crippen molar-refractivity contribution in [1.29, 1.82) is 0 Å². The number of carbonyl (C=O) groups is 1. The summed E-state index contributed by atoms with van der Waals surface area (Å²) < 4.78 is 26.9. The number of anilines is 2. The van der Waals surface area contributed by atoms with Crippen molar-refractivity contribution in [3.8, 4) is 0 Å². The quantitative estimate of drug-likeness (QED) is 0.851. The Morgan fingerprint density at radius 2 is 2.05 bits per heavy atom. The maximum atomic E-state index is 13.7. The smallest absolute Gasteiger partial charge is 0.257 e. The minimum Gasteiger partial charge on any atom is -0.397 e. The highest BCUT2D eigenvalue weighted by Crippen LogP contribution is 2.25. The summed E-state index contributed by atoms with van der Waals surface area (Å²) in [4.78, 5) is 12.2. The molecule has 0 saturated heterocycles. The summed E-state index contributed by atoms with van der Waals surface area (Å²) in [7, 11) is 0. The number of nitrogens with one attached hydrogen (secondary N) is 1. The first kappa shape index (κ1) is 14.8. The summed E-state index contributed by atoms with van der Waals surface area (Å²) in [5, 5.41) is 10.1. The van der Waals surface area contributed by atoms with Crippen LogP contribution in [0.25, 0.3) is 0 Å². The number of benzene rings is 1. The summed E-state index contributed by atoms with van der Waals surface area (Å²) in [5.74, 6) is -2.89. The number of hydrogen-bond donors (Lipinski definition) is 2. The van der Waals surface area contributed by atoms with E-state index in [2.05, 4.69) is 15.5 Å². The number of nitrogens with two attached hydrogens (primary N) is 1. The number of carbonyl (C=O) groups excluding carboxylic acids is 1. The molecule has 1 aromatic carbocycles. The van der Waals surface area contributed by atoms with Gasteiger partial charge >= 0.3 is 0 Å². The maximum Gasteiger partial charge on any atom is 0.257 e. The molecular weight excluding hydrogens is 278 g/mol. The number of halogens is 2. The molecule has 2 rings (SSSR count). The third kappa shape index (κ3) is 2.96. The molecule has 0 aliphatic rings. The number of hydrogen-bond acceptors (Lipinski definition) is 4. The van der Waals surface area contributed by atoms with Gasteiger partial charge in [0.05, 0.1) is 22.6 Å². The Balaban J connectivity index is 2.39. The van der Waals surface area contributed by atoms with E-state index < -0.39 is 17.5 Å². The van der Waals surface area contributed by atoms with Crippen LogP contribution >= 0.6 is 0 Å². The van der Waals surface area contributed by atoms with Gasteiger partial charge < -0.3 is 11.1 Å². The summed E-state index contributed by atoms with van der Waals surface area (Å²) in [6.45, 7) is 3.49. The van der Waals surface area contributed by atoms with Crippen molar-refractivity contribution in [3.05, 3.63) is 46.8 Å². The van der Waals surface area contributed by atoms with E-state index in [1.54, 1.807) is 6.92 Å². The molecule has 1 aromatic heterocycles. The molecule has 0 radical (unpaired) electrons. The minimum absolute atomic E-state index is 0.0564. The molecule has 0 atom stereocenters. The summed E-state index contributed by atoms with van der Waals surface area (Å²) >= 11 is 0. The largest absolute Gasteiger partial charge is 0.397 e. The van der Waals surface area contributed by atoms with Crippen LogP contribution in [0.2, 0.25) is 0 Å². The van der Waals surface area contributed by atoms with Gasteiger partial charge in [-0.2, -0.15) is 10.2 Å². The Kier molecular flexibility index (Phi) is 4.11. The highest BCUT2D eigenvalue weighted by atomic mass is 19.2. The van der Waals surface area contributed by atoms with Crippen LogP contribution in [-0.2, 0) is 6.42 Å². The molecule has 110 valence electrons. The van der Waals surface area contributed by atoms with Crippen LogP contribution in [0.3, 0.4) is 0 Å². The van der Waals surface area contributed by atoms with Gasteiger partial charge in [-0.05, 0) is 31.5 Å². The average molecular weight is 292 g/mol. The molecule has 7 heteroatoms. The third-order valence-corrected chi connectivity index (χ3v) is 2.94. The predicted molar refractivity (Wildman–Crippen MR) is 74.9 cm³/mol. The molecule has 21 heavy (non-hydrogen) atoms. The monoisotopic (exact) mass is 292 g/mol. The number of aryl methyl sites for hydroxylation is 2. The zero-order chi connectivity index (χ0) is 15.6. The van der Waals surface area contributed by atoms with Gasteiger partial charge in [0.1, 0.15) is 5.69 Å². The molecule has 0 fully saturated rings. The topological polar surface area (TPSA) is 80.9 Å². The number of aromatic nitrogens is 2. The molecule has 0 bridgehead atoms. The van der Waals surface area contributed by atoms with Gasteiger partial charge in [0.15, 0.2) is 11.6 Å². The van der Waals surface area contributed by atoms with Gasteiger partial charge in [-0.25, -0.2) is 8.78 Å². The van der Waals surface area contributed by atoms with Gasteiger partial charge in [0, 0.05) is 0 Å². The number of nitrogens with zero attached hydrogens (tertiary/aromatic N) is 2. The second-order valence-electron chi connectivity index (χ2n) is 4.48. The highest BCUT2D eigenvalue weighted by molar-refractivity contribution is 6.06. The fourth-order valence-corrected chi connectivity index (χ4v) is 1.85. The Bertz CT molecular complexity index is 704. The van der Waals surface area contributed by atoms with Crippen LogP contribution in [0.5, 0.6) is 0 Å². The SMILES string of the molecule is CCc1nnc(C)cc1C(=O)Nc1c(N)ccc(F)c1F. The molecule has 2 aromatic rings. The van der Waals surface area contributed by atoms with Crippen LogP contribution in [0.15, 0.2) is 18.2 Å². The fourth-order valence-electron chi connectivity index (χ4n) is 1.85. The number of nitrogen functional groups attached to an aromatic ring is 1. The van der Waals surface area contributed by atoms with Crippen molar-refractivity contribution in [2.24, 2.45) is 0 Å². The number of rotatable bonds is 3. The van der Waals surface area contributed by atoms with Crippen LogP contribution < -0.4 is 11.1 Å². The molecule has 0 aliphatic heterocycles. The van der Waals surface area contributed by atoms with Gasteiger partial charge in [-0.15, -0.1) is 0 Å². The summed E-state index contributed by atoms with van der Waals surface area (Å²) in [5.41, 5.74) is 6.40. The first-order valence-corrected chi connectivity index (χ1v) is 6.32. The van der Waals surface area contributed by atoms with Crippen LogP contribution in [0.4, 0.5) is 20.2 Å². The van der Waals surface area contributed by atoms with Crippen molar-refractivity contribution in [2.75, 3.05) is 11.1 Å². The predicted octanol–water partition coefficient (Wildman–Crippen LogP) is 2.46. The van der Waals surface area contributed by atoms with E-state index >= 15 is 0 Å². The molecule has 1 heterocycles. The zero-order valence-electron chi connectivity index (χ0n) is 11.6. The maximum absolute atomic E-state index is 13.7. The van der Waals surface area contributed by atoms with Crippen LogP contribution in [0.1, 0.15) is 28.7 Å². The molecular formula is C14H14F2N4O. The molecule has 1 amide bonds. The van der Waals surface area contributed by atoms with E-state index in [9.17, 15) is 13.6 Å². The van der Waals surface area contributed by atoms with Crippen molar-refractivity contribution in [2.45, 2.75) is 20.3 Å². The van der Waals surface area contributed by atoms with Crippen molar-refractivity contribution < 1.29 is 13.6 Å². The molecule has 0 unspecified atom stereocenters. The minimum atomic E-state index is -1.19. The molecule has 0 saturated carbocycles. The zero-order valence-corrected chi connectivity index (χ0v) is 11.6. The lowest BCUT2D eigenvalue weighted by Crippen LogP contribution is -2.18. The van der Waals surface area contributed by atoms with Gasteiger partial charge in [-0.3, -0.25) is 4.79 Å². The normalized spacial score (nSPS) is 10.5. The highest BCUT2D eigenvalue weighted by Gasteiger charge is 2.18. The summed E-state index contributed by atoms with van der Waals surface area (Å²) in [6.07, 6.45) is 0.483. The lowest BCUT2D eigenvalue weighted by atomic mass is 10.1. The first-order valence-electron chi connectivity index (χ1n) is 6.32.